The number of nitro benzene ring substituents is 1. The number of anilines is 2. The van der Waals surface area contributed by atoms with Crippen molar-refractivity contribution in [1.29, 1.82) is 0 Å². The Hall–Kier alpha value is -2.59. The van der Waals surface area contributed by atoms with E-state index in [-0.39, 0.29) is 17.8 Å². The smallest absolute Gasteiger partial charge is 0.348 e. The van der Waals surface area contributed by atoms with Gasteiger partial charge in [0.05, 0.1) is 16.0 Å². The number of aromatic nitrogens is 2. The number of carbonyl (C=O) groups is 1. The number of thiophene rings is 1. The van der Waals surface area contributed by atoms with Crippen LogP contribution in [0.2, 0.25) is 0 Å². The number of non-ortho nitro benzene ring substituents is 1. The summed E-state index contributed by atoms with van der Waals surface area (Å²) in [6, 6.07) is 4.45. The summed E-state index contributed by atoms with van der Waals surface area (Å²) >= 11 is 4.68. The fraction of sp³-hybridized carbons (Fsp3) is 0.350. The lowest BCUT2D eigenvalue weighted by Crippen LogP contribution is -2.20. The quantitative estimate of drug-likeness (QED) is 0.269. The number of carbonyl (C=O) groups excluding carboxylic acids is 1. The Labute approximate surface area is 185 Å². The van der Waals surface area contributed by atoms with Crippen molar-refractivity contribution in [3.05, 3.63) is 49.6 Å². The van der Waals surface area contributed by atoms with Gasteiger partial charge in [0.15, 0.2) is 0 Å². The lowest BCUT2D eigenvalue weighted by atomic mass is 9.98. The van der Waals surface area contributed by atoms with Gasteiger partial charge in [-0.25, -0.2) is 14.8 Å². The first-order chi connectivity index (χ1) is 14.4. The van der Waals surface area contributed by atoms with Crippen LogP contribution >= 0.6 is 27.3 Å². The number of esters is 1. The SMILES string of the molecule is Cc1c(C(=O)OC2CCCCC2)sc2ncnc(Nc3cc([N+](=O)[O-])ccc3Br)c12. The van der Waals surface area contributed by atoms with Gasteiger partial charge in [-0.05, 0) is 60.2 Å². The molecule has 1 fully saturated rings. The molecule has 1 saturated carbocycles. The first kappa shape index (κ1) is 20.7. The fourth-order valence-electron chi connectivity index (χ4n) is 3.60. The van der Waals surface area contributed by atoms with E-state index >= 15 is 0 Å². The van der Waals surface area contributed by atoms with E-state index in [2.05, 4.69) is 31.2 Å². The Bertz CT molecular complexity index is 1130. The van der Waals surface area contributed by atoms with Crippen molar-refractivity contribution in [3.8, 4) is 0 Å². The second kappa shape index (κ2) is 8.65. The molecular weight excluding hydrogens is 472 g/mol. The van der Waals surface area contributed by atoms with E-state index in [1.807, 2.05) is 6.92 Å². The van der Waals surface area contributed by atoms with Crippen LogP contribution in [0, 0.1) is 17.0 Å². The fourth-order valence-corrected chi connectivity index (χ4v) is 4.98. The molecule has 0 saturated heterocycles. The van der Waals surface area contributed by atoms with Gasteiger partial charge in [0.1, 0.15) is 28.0 Å². The van der Waals surface area contributed by atoms with E-state index in [4.69, 9.17) is 4.74 Å². The van der Waals surface area contributed by atoms with Crippen molar-refractivity contribution in [2.45, 2.75) is 45.1 Å². The standard InChI is InChI=1S/C20H19BrN4O4S/c1-11-16-18(24-15-9-12(25(27)28)7-8-14(15)21)22-10-23-19(16)30-17(11)20(26)29-13-5-3-2-4-6-13/h7-10,13H,2-6H2,1H3,(H,22,23,24). The minimum Gasteiger partial charge on any atom is -0.458 e. The number of hydrogen-bond donors (Lipinski definition) is 1. The topological polar surface area (TPSA) is 107 Å². The molecule has 0 amide bonds. The molecule has 2 heterocycles. The van der Waals surface area contributed by atoms with Crippen LogP contribution in [0.5, 0.6) is 0 Å². The van der Waals surface area contributed by atoms with Crippen LogP contribution in [0.4, 0.5) is 17.2 Å². The van der Waals surface area contributed by atoms with Gasteiger partial charge in [-0.2, -0.15) is 0 Å². The normalized spacial score (nSPS) is 14.6. The van der Waals surface area contributed by atoms with Crippen molar-refractivity contribution in [2.75, 3.05) is 5.32 Å². The number of aryl methyl sites for hydroxylation is 1. The third-order valence-corrected chi connectivity index (χ3v) is 7.02. The molecule has 4 rings (SSSR count). The number of nitrogens with zero attached hydrogens (tertiary/aromatic N) is 3. The molecule has 2 aromatic heterocycles. The molecule has 1 aliphatic rings. The van der Waals surface area contributed by atoms with Gasteiger partial charge in [0, 0.05) is 16.6 Å². The Morgan fingerprint density at radius 3 is 2.80 bits per heavy atom. The molecule has 156 valence electrons. The van der Waals surface area contributed by atoms with Gasteiger partial charge in [-0.1, -0.05) is 6.42 Å². The second-order valence-electron chi connectivity index (χ2n) is 7.17. The number of fused-ring (bicyclic) bond motifs is 1. The molecule has 10 heteroatoms. The van der Waals surface area contributed by atoms with Crippen LogP contribution in [0.15, 0.2) is 29.0 Å². The molecule has 1 aromatic carbocycles. The van der Waals surface area contributed by atoms with Gasteiger partial charge in [-0.15, -0.1) is 11.3 Å². The molecule has 0 radical (unpaired) electrons. The Morgan fingerprint density at radius 1 is 1.30 bits per heavy atom. The molecule has 0 spiro atoms. The molecule has 0 atom stereocenters. The summed E-state index contributed by atoms with van der Waals surface area (Å²) in [6.07, 6.45) is 6.55. The summed E-state index contributed by atoms with van der Waals surface area (Å²) in [6.45, 7) is 1.84. The zero-order valence-electron chi connectivity index (χ0n) is 16.2. The van der Waals surface area contributed by atoms with Gasteiger partial charge in [-0.3, -0.25) is 10.1 Å². The number of halogens is 1. The Kier molecular flexibility index (Phi) is 5.96. The lowest BCUT2D eigenvalue weighted by molar-refractivity contribution is -0.384. The molecular formula is C20H19BrN4O4S. The summed E-state index contributed by atoms with van der Waals surface area (Å²) in [5.41, 5.74) is 1.20. The van der Waals surface area contributed by atoms with Gasteiger partial charge in [0.25, 0.3) is 5.69 Å². The molecule has 0 bridgehead atoms. The largest absolute Gasteiger partial charge is 0.458 e. The number of nitro groups is 1. The number of rotatable bonds is 5. The van der Waals surface area contributed by atoms with Crippen molar-refractivity contribution >= 4 is 60.6 Å². The van der Waals surface area contributed by atoms with Crippen molar-refractivity contribution in [3.63, 3.8) is 0 Å². The second-order valence-corrected chi connectivity index (χ2v) is 9.02. The summed E-state index contributed by atoms with van der Waals surface area (Å²) in [4.78, 5) is 33.2. The highest BCUT2D eigenvalue weighted by Gasteiger charge is 2.24. The van der Waals surface area contributed by atoms with Crippen molar-refractivity contribution in [2.24, 2.45) is 0 Å². The first-order valence-electron chi connectivity index (χ1n) is 9.60. The van der Waals surface area contributed by atoms with Crippen molar-refractivity contribution in [1.82, 2.24) is 9.97 Å². The highest BCUT2D eigenvalue weighted by Crippen LogP contribution is 2.37. The van der Waals surface area contributed by atoms with Gasteiger partial charge >= 0.3 is 5.97 Å². The number of hydrogen-bond acceptors (Lipinski definition) is 8. The number of nitrogens with one attached hydrogen (secondary N) is 1. The van der Waals surface area contributed by atoms with E-state index < -0.39 is 4.92 Å². The third-order valence-electron chi connectivity index (χ3n) is 5.15. The van der Waals surface area contributed by atoms with Crippen LogP contribution in [0.25, 0.3) is 10.2 Å². The number of ether oxygens (including phenoxy) is 1. The highest BCUT2D eigenvalue weighted by atomic mass is 79.9. The molecule has 1 N–H and O–H groups in total. The number of benzene rings is 1. The summed E-state index contributed by atoms with van der Waals surface area (Å²) in [5.74, 6) is 0.150. The Morgan fingerprint density at radius 2 is 2.07 bits per heavy atom. The maximum atomic E-state index is 12.8. The zero-order chi connectivity index (χ0) is 21.3. The lowest BCUT2D eigenvalue weighted by Gasteiger charge is -2.21. The van der Waals surface area contributed by atoms with E-state index in [0.717, 1.165) is 31.2 Å². The average Bonchev–Trinajstić information content (AvgIpc) is 3.08. The summed E-state index contributed by atoms with van der Waals surface area (Å²) in [7, 11) is 0. The zero-order valence-corrected chi connectivity index (χ0v) is 18.6. The van der Waals surface area contributed by atoms with Crippen LogP contribution in [-0.4, -0.2) is 27.0 Å². The van der Waals surface area contributed by atoms with Gasteiger partial charge in [0.2, 0.25) is 0 Å². The molecule has 30 heavy (non-hydrogen) atoms. The first-order valence-corrected chi connectivity index (χ1v) is 11.2. The van der Waals surface area contributed by atoms with E-state index in [9.17, 15) is 14.9 Å². The predicted molar refractivity (Wildman–Crippen MR) is 119 cm³/mol. The third kappa shape index (κ3) is 4.15. The van der Waals surface area contributed by atoms with Gasteiger partial charge < -0.3 is 10.1 Å². The molecule has 0 aliphatic heterocycles. The van der Waals surface area contributed by atoms with Crippen LogP contribution in [0.3, 0.4) is 0 Å². The molecule has 1 aliphatic carbocycles. The van der Waals surface area contributed by atoms with Crippen LogP contribution < -0.4 is 5.32 Å². The Balaban J connectivity index is 1.66. The molecule has 0 unspecified atom stereocenters. The van der Waals surface area contributed by atoms with E-state index in [0.29, 0.717) is 31.1 Å². The monoisotopic (exact) mass is 490 g/mol. The van der Waals surface area contributed by atoms with E-state index in [1.54, 1.807) is 6.07 Å². The van der Waals surface area contributed by atoms with Crippen molar-refractivity contribution < 1.29 is 14.5 Å². The molecule has 3 aromatic rings. The van der Waals surface area contributed by atoms with Crippen LogP contribution in [0.1, 0.15) is 47.3 Å². The van der Waals surface area contributed by atoms with Crippen LogP contribution in [-0.2, 0) is 4.74 Å². The maximum absolute atomic E-state index is 12.8. The summed E-state index contributed by atoms with van der Waals surface area (Å²) < 4.78 is 6.38. The minimum atomic E-state index is -0.456. The predicted octanol–water partition coefficient (Wildman–Crippen LogP) is 5.90. The molecule has 8 nitrogen and oxygen atoms in total. The highest BCUT2D eigenvalue weighted by molar-refractivity contribution is 9.10. The minimum absolute atomic E-state index is 0.0274. The average molecular weight is 491 g/mol. The maximum Gasteiger partial charge on any atom is 0.348 e. The van der Waals surface area contributed by atoms with E-state index in [1.165, 1.54) is 36.2 Å². The summed E-state index contributed by atoms with van der Waals surface area (Å²) in [5, 5.41) is 15.0.